The zero-order chi connectivity index (χ0) is 14.6. The first-order chi connectivity index (χ1) is 9.51. The third kappa shape index (κ3) is 3.94. The van der Waals surface area contributed by atoms with Gasteiger partial charge in [0.1, 0.15) is 0 Å². The number of benzene rings is 1. The highest BCUT2D eigenvalue weighted by Gasteiger charge is 2.25. The van der Waals surface area contributed by atoms with E-state index in [1.165, 1.54) is 0 Å². The second-order valence-electron chi connectivity index (χ2n) is 5.32. The molecule has 2 rings (SSSR count). The van der Waals surface area contributed by atoms with Gasteiger partial charge in [0.15, 0.2) is 0 Å². The molecule has 1 saturated heterocycles. The van der Waals surface area contributed by atoms with Gasteiger partial charge in [-0.2, -0.15) is 0 Å². The lowest BCUT2D eigenvalue weighted by Gasteiger charge is -2.13. The molecule has 112 valence electrons. The first-order valence-electron chi connectivity index (χ1n) is 7.06. The molecule has 0 spiro atoms. The number of likely N-dealkylation sites (tertiary alicyclic amines) is 1. The molecule has 0 radical (unpaired) electrons. The van der Waals surface area contributed by atoms with Gasteiger partial charge in [-0.05, 0) is 50.7 Å². The van der Waals surface area contributed by atoms with E-state index in [2.05, 4.69) is 21.9 Å². The Balaban J connectivity index is 2.01. The van der Waals surface area contributed by atoms with E-state index in [4.69, 9.17) is 0 Å². The number of rotatable bonds is 6. The van der Waals surface area contributed by atoms with Crippen LogP contribution in [0.5, 0.6) is 0 Å². The Morgan fingerprint density at radius 2 is 2.00 bits per heavy atom. The van der Waals surface area contributed by atoms with Gasteiger partial charge in [0.05, 0.1) is 4.90 Å². The average molecular weight is 297 g/mol. The van der Waals surface area contributed by atoms with E-state index in [9.17, 15) is 8.42 Å². The van der Waals surface area contributed by atoms with E-state index in [1.807, 2.05) is 19.2 Å². The van der Waals surface area contributed by atoms with Gasteiger partial charge in [0.2, 0.25) is 10.0 Å². The quantitative estimate of drug-likeness (QED) is 0.835. The van der Waals surface area contributed by atoms with Crippen molar-refractivity contribution in [2.45, 2.75) is 30.7 Å². The van der Waals surface area contributed by atoms with Crippen LogP contribution in [-0.4, -0.2) is 46.0 Å². The maximum atomic E-state index is 12.3. The summed E-state index contributed by atoms with van der Waals surface area (Å²) >= 11 is 0. The molecule has 1 aliphatic rings. The predicted octanol–water partition coefficient (Wildman–Crippen LogP) is 1.49. The molecule has 5 nitrogen and oxygen atoms in total. The molecule has 1 atom stereocenters. The minimum Gasteiger partial charge on any atom is -0.385 e. The van der Waals surface area contributed by atoms with Crippen molar-refractivity contribution >= 4 is 15.7 Å². The van der Waals surface area contributed by atoms with Crippen molar-refractivity contribution < 1.29 is 8.42 Å². The average Bonchev–Trinajstić information content (AvgIpc) is 2.81. The summed E-state index contributed by atoms with van der Waals surface area (Å²) < 4.78 is 27.3. The van der Waals surface area contributed by atoms with E-state index in [-0.39, 0.29) is 6.04 Å². The van der Waals surface area contributed by atoms with Crippen LogP contribution < -0.4 is 10.0 Å². The zero-order valence-corrected chi connectivity index (χ0v) is 12.9. The summed E-state index contributed by atoms with van der Waals surface area (Å²) in [4.78, 5) is 2.46. The van der Waals surface area contributed by atoms with Crippen LogP contribution in [0.4, 0.5) is 5.69 Å². The summed E-state index contributed by atoms with van der Waals surface area (Å²) in [6, 6.07) is 6.94. The van der Waals surface area contributed by atoms with Crippen molar-refractivity contribution in [1.82, 2.24) is 9.62 Å². The second kappa shape index (κ2) is 6.56. The highest BCUT2D eigenvalue weighted by molar-refractivity contribution is 7.89. The molecule has 1 aliphatic heterocycles. The molecule has 1 unspecified atom stereocenters. The van der Waals surface area contributed by atoms with Gasteiger partial charge in [-0.3, -0.25) is 0 Å². The summed E-state index contributed by atoms with van der Waals surface area (Å²) in [6.45, 7) is 4.69. The molecule has 2 N–H and O–H groups in total. The van der Waals surface area contributed by atoms with Crippen LogP contribution >= 0.6 is 0 Å². The van der Waals surface area contributed by atoms with Crippen molar-refractivity contribution in [2.24, 2.45) is 0 Å². The standard InChI is InChI=1S/C14H23N3O2S/c1-3-9-15-12-4-6-14(7-5-12)20(18,19)16-13-8-10-17(2)11-13/h4-7,13,15-16H,3,8-11H2,1-2H3. The van der Waals surface area contributed by atoms with Gasteiger partial charge in [0, 0.05) is 24.8 Å². The summed E-state index contributed by atoms with van der Waals surface area (Å²) in [6.07, 6.45) is 1.91. The molecule has 0 aliphatic carbocycles. The lowest BCUT2D eigenvalue weighted by molar-refractivity contribution is 0.407. The van der Waals surface area contributed by atoms with Crippen LogP contribution in [0.3, 0.4) is 0 Å². The number of sulfonamides is 1. The molecule has 1 aromatic carbocycles. The SMILES string of the molecule is CCCNc1ccc(S(=O)(=O)NC2CCN(C)C2)cc1. The lowest BCUT2D eigenvalue weighted by Crippen LogP contribution is -2.36. The molecular formula is C14H23N3O2S. The number of nitrogens with one attached hydrogen (secondary N) is 2. The molecule has 20 heavy (non-hydrogen) atoms. The Kier molecular flexibility index (Phi) is 5.01. The lowest BCUT2D eigenvalue weighted by atomic mass is 10.3. The van der Waals surface area contributed by atoms with E-state index < -0.39 is 10.0 Å². The van der Waals surface area contributed by atoms with Crippen LogP contribution in [-0.2, 0) is 10.0 Å². The third-order valence-corrected chi connectivity index (χ3v) is 4.99. The fourth-order valence-electron chi connectivity index (χ4n) is 2.34. The predicted molar refractivity (Wildman–Crippen MR) is 81.4 cm³/mol. The van der Waals surface area contributed by atoms with Gasteiger partial charge in [-0.15, -0.1) is 0 Å². The molecule has 6 heteroatoms. The van der Waals surface area contributed by atoms with Gasteiger partial charge >= 0.3 is 0 Å². The normalized spacial score (nSPS) is 20.2. The van der Waals surface area contributed by atoms with Crippen LogP contribution in [0.25, 0.3) is 0 Å². The minimum atomic E-state index is -3.41. The van der Waals surface area contributed by atoms with Crippen molar-refractivity contribution in [1.29, 1.82) is 0 Å². The third-order valence-electron chi connectivity index (χ3n) is 3.46. The van der Waals surface area contributed by atoms with Gasteiger partial charge < -0.3 is 10.2 Å². The van der Waals surface area contributed by atoms with Gasteiger partial charge in [-0.25, -0.2) is 13.1 Å². The minimum absolute atomic E-state index is 0.0166. The second-order valence-corrected chi connectivity index (χ2v) is 7.03. The number of likely N-dealkylation sites (N-methyl/N-ethyl adjacent to an activating group) is 1. The van der Waals surface area contributed by atoms with Crippen molar-refractivity contribution in [2.75, 3.05) is 32.0 Å². The Morgan fingerprint density at radius 1 is 1.30 bits per heavy atom. The largest absolute Gasteiger partial charge is 0.385 e. The van der Waals surface area contributed by atoms with Gasteiger partial charge in [0.25, 0.3) is 0 Å². The Hall–Kier alpha value is -1.11. The molecule has 0 bridgehead atoms. The van der Waals surface area contributed by atoms with Crippen LogP contribution in [0.1, 0.15) is 19.8 Å². The van der Waals surface area contributed by atoms with Crippen LogP contribution in [0, 0.1) is 0 Å². The number of nitrogens with zero attached hydrogens (tertiary/aromatic N) is 1. The molecule has 1 fully saturated rings. The molecular weight excluding hydrogens is 274 g/mol. The highest BCUT2D eigenvalue weighted by Crippen LogP contribution is 2.16. The summed E-state index contributed by atoms with van der Waals surface area (Å²) in [5, 5.41) is 3.23. The molecule has 0 amide bonds. The number of hydrogen-bond donors (Lipinski definition) is 2. The highest BCUT2D eigenvalue weighted by atomic mass is 32.2. The fraction of sp³-hybridized carbons (Fsp3) is 0.571. The molecule has 0 saturated carbocycles. The number of anilines is 1. The van der Waals surface area contributed by atoms with E-state index in [0.29, 0.717) is 4.90 Å². The Bertz CT molecular complexity index is 528. The van der Waals surface area contributed by atoms with E-state index in [0.717, 1.165) is 38.2 Å². The first-order valence-corrected chi connectivity index (χ1v) is 8.54. The maximum absolute atomic E-state index is 12.3. The molecule has 0 aromatic heterocycles. The number of hydrogen-bond acceptors (Lipinski definition) is 4. The Labute approximate surface area is 121 Å². The zero-order valence-electron chi connectivity index (χ0n) is 12.1. The van der Waals surface area contributed by atoms with E-state index >= 15 is 0 Å². The first kappa shape index (κ1) is 15.3. The molecule has 1 aromatic rings. The maximum Gasteiger partial charge on any atom is 0.240 e. The summed E-state index contributed by atoms with van der Waals surface area (Å²) in [7, 11) is -1.41. The Morgan fingerprint density at radius 3 is 2.55 bits per heavy atom. The molecule has 1 heterocycles. The summed E-state index contributed by atoms with van der Waals surface area (Å²) in [5.41, 5.74) is 0.950. The smallest absolute Gasteiger partial charge is 0.240 e. The fourth-order valence-corrected chi connectivity index (χ4v) is 3.60. The van der Waals surface area contributed by atoms with Gasteiger partial charge in [-0.1, -0.05) is 6.92 Å². The van der Waals surface area contributed by atoms with Crippen molar-refractivity contribution in [3.63, 3.8) is 0 Å². The summed E-state index contributed by atoms with van der Waals surface area (Å²) in [5.74, 6) is 0. The van der Waals surface area contributed by atoms with Crippen LogP contribution in [0.2, 0.25) is 0 Å². The van der Waals surface area contributed by atoms with Crippen molar-refractivity contribution in [3.05, 3.63) is 24.3 Å². The van der Waals surface area contributed by atoms with Crippen molar-refractivity contribution in [3.8, 4) is 0 Å². The van der Waals surface area contributed by atoms with E-state index in [1.54, 1.807) is 12.1 Å². The topological polar surface area (TPSA) is 61.4 Å². The van der Waals surface area contributed by atoms with Crippen LogP contribution in [0.15, 0.2) is 29.2 Å². The monoisotopic (exact) mass is 297 g/mol.